The number of nitrogens with zero attached hydrogens (tertiary/aromatic N) is 1. The maximum absolute atomic E-state index is 13.1. The van der Waals surface area contributed by atoms with Crippen molar-refractivity contribution in [1.82, 2.24) is 4.90 Å². The van der Waals surface area contributed by atoms with Crippen LogP contribution in [0.15, 0.2) is 18.2 Å². The van der Waals surface area contributed by atoms with Gasteiger partial charge in [0.15, 0.2) is 0 Å². The van der Waals surface area contributed by atoms with Crippen molar-refractivity contribution in [3.05, 3.63) is 29.3 Å². The Morgan fingerprint density at radius 3 is 2.76 bits per heavy atom. The van der Waals surface area contributed by atoms with E-state index in [1.165, 1.54) is 56.1 Å². The van der Waals surface area contributed by atoms with Crippen LogP contribution in [0.4, 0.5) is 0 Å². The Labute approximate surface area is 151 Å². The van der Waals surface area contributed by atoms with Gasteiger partial charge < -0.3 is 9.64 Å². The lowest BCUT2D eigenvalue weighted by molar-refractivity contribution is -0.133. The second-order valence-corrected chi connectivity index (χ2v) is 8.20. The number of methoxy groups -OCH3 is 1. The third kappa shape index (κ3) is 3.43. The number of ether oxygens (including phenoxy) is 1. The van der Waals surface area contributed by atoms with Crippen LogP contribution in [0, 0.1) is 5.92 Å². The molecule has 1 amide bonds. The molecule has 25 heavy (non-hydrogen) atoms. The third-order valence-electron chi connectivity index (χ3n) is 6.77. The first-order valence-corrected chi connectivity index (χ1v) is 10.2. The minimum atomic E-state index is 0.395. The SMILES string of the molecule is COc1ccc2c(c1)CCC[C@@H]2CC(=O)N1CCC[C@H]1C1CCCC1. The molecule has 1 heterocycles. The topological polar surface area (TPSA) is 29.5 Å². The molecule has 0 unspecified atom stereocenters. The summed E-state index contributed by atoms with van der Waals surface area (Å²) in [6.07, 6.45) is 12.0. The summed E-state index contributed by atoms with van der Waals surface area (Å²) in [5.74, 6) is 2.51. The van der Waals surface area contributed by atoms with E-state index in [0.717, 1.165) is 31.1 Å². The predicted octanol–water partition coefficient (Wildman–Crippen LogP) is 4.69. The molecular formula is C22H31NO2. The van der Waals surface area contributed by atoms with Crippen molar-refractivity contribution in [2.24, 2.45) is 5.92 Å². The fourth-order valence-corrected chi connectivity index (χ4v) is 5.49. The third-order valence-corrected chi connectivity index (χ3v) is 6.77. The van der Waals surface area contributed by atoms with E-state index in [-0.39, 0.29) is 0 Å². The van der Waals surface area contributed by atoms with Gasteiger partial charge in [-0.15, -0.1) is 0 Å². The minimum absolute atomic E-state index is 0.395. The Kier molecular flexibility index (Phi) is 5.00. The Bertz CT molecular complexity index is 620. The smallest absolute Gasteiger partial charge is 0.223 e. The minimum Gasteiger partial charge on any atom is -0.497 e. The average Bonchev–Trinajstić information content (AvgIpc) is 3.32. The molecule has 2 fully saturated rings. The van der Waals surface area contributed by atoms with Crippen LogP contribution in [-0.2, 0) is 11.2 Å². The zero-order chi connectivity index (χ0) is 17.2. The Morgan fingerprint density at radius 1 is 1.12 bits per heavy atom. The van der Waals surface area contributed by atoms with Gasteiger partial charge in [-0.05, 0) is 80.0 Å². The summed E-state index contributed by atoms with van der Waals surface area (Å²) < 4.78 is 5.37. The van der Waals surface area contributed by atoms with Gasteiger partial charge in [-0.25, -0.2) is 0 Å². The van der Waals surface area contributed by atoms with Crippen LogP contribution in [-0.4, -0.2) is 30.5 Å². The van der Waals surface area contributed by atoms with E-state index < -0.39 is 0 Å². The number of carbonyl (C=O) groups is 1. The molecule has 2 aliphatic carbocycles. The number of likely N-dealkylation sites (tertiary alicyclic amines) is 1. The van der Waals surface area contributed by atoms with Gasteiger partial charge in [-0.2, -0.15) is 0 Å². The molecule has 2 atom stereocenters. The number of amides is 1. The number of benzene rings is 1. The van der Waals surface area contributed by atoms with Crippen molar-refractivity contribution in [2.75, 3.05) is 13.7 Å². The molecule has 0 spiro atoms. The molecule has 3 heteroatoms. The summed E-state index contributed by atoms with van der Waals surface area (Å²) in [4.78, 5) is 15.4. The first kappa shape index (κ1) is 16.9. The normalized spacial score (nSPS) is 26.7. The van der Waals surface area contributed by atoms with Gasteiger partial charge in [0.2, 0.25) is 5.91 Å². The lowest BCUT2D eigenvalue weighted by Crippen LogP contribution is -2.40. The summed E-state index contributed by atoms with van der Waals surface area (Å²) in [7, 11) is 1.72. The van der Waals surface area contributed by atoms with Crippen LogP contribution < -0.4 is 4.74 Å². The number of hydrogen-bond donors (Lipinski definition) is 0. The summed E-state index contributed by atoms with van der Waals surface area (Å²) in [5, 5.41) is 0. The van der Waals surface area contributed by atoms with Crippen LogP contribution in [0.2, 0.25) is 0 Å². The highest BCUT2D eigenvalue weighted by atomic mass is 16.5. The summed E-state index contributed by atoms with van der Waals surface area (Å²) >= 11 is 0. The monoisotopic (exact) mass is 341 g/mol. The molecule has 1 saturated carbocycles. The van der Waals surface area contributed by atoms with Crippen molar-refractivity contribution in [2.45, 2.75) is 76.2 Å². The maximum atomic E-state index is 13.1. The van der Waals surface area contributed by atoms with E-state index in [0.29, 0.717) is 24.3 Å². The highest BCUT2D eigenvalue weighted by Gasteiger charge is 2.36. The molecule has 1 aromatic rings. The zero-order valence-corrected chi connectivity index (χ0v) is 15.5. The molecule has 3 aliphatic rings. The number of aryl methyl sites for hydroxylation is 1. The maximum Gasteiger partial charge on any atom is 0.223 e. The second-order valence-electron chi connectivity index (χ2n) is 8.20. The largest absolute Gasteiger partial charge is 0.497 e. The molecule has 1 saturated heterocycles. The molecule has 0 radical (unpaired) electrons. The van der Waals surface area contributed by atoms with E-state index in [2.05, 4.69) is 23.1 Å². The van der Waals surface area contributed by atoms with Gasteiger partial charge in [-0.1, -0.05) is 18.9 Å². The average molecular weight is 341 g/mol. The number of hydrogen-bond acceptors (Lipinski definition) is 2. The van der Waals surface area contributed by atoms with E-state index >= 15 is 0 Å². The van der Waals surface area contributed by atoms with E-state index in [9.17, 15) is 4.79 Å². The van der Waals surface area contributed by atoms with Crippen molar-refractivity contribution in [3.8, 4) is 5.75 Å². The van der Waals surface area contributed by atoms with E-state index in [4.69, 9.17) is 4.74 Å². The predicted molar refractivity (Wildman–Crippen MR) is 100.0 cm³/mol. The molecule has 0 N–H and O–H groups in total. The second kappa shape index (κ2) is 7.39. The molecule has 1 aliphatic heterocycles. The van der Waals surface area contributed by atoms with Gasteiger partial charge in [0.1, 0.15) is 5.75 Å². The highest BCUT2D eigenvalue weighted by Crippen LogP contribution is 2.39. The number of rotatable bonds is 4. The van der Waals surface area contributed by atoms with Crippen LogP contribution in [0.25, 0.3) is 0 Å². The fourth-order valence-electron chi connectivity index (χ4n) is 5.49. The standard InChI is InChI=1S/C22H31NO2/c1-25-19-11-12-20-17(14-19)8-4-9-18(20)15-22(24)23-13-5-10-21(23)16-6-2-3-7-16/h11-12,14,16,18,21H,2-10,13,15H2,1H3/t18-,21+/m1/s1. The summed E-state index contributed by atoms with van der Waals surface area (Å²) in [6.45, 7) is 0.988. The summed E-state index contributed by atoms with van der Waals surface area (Å²) in [6, 6.07) is 6.96. The molecule has 136 valence electrons. The van der Waals surface area contributed by atoms with Gasteiger partial charge in [-0.3, -0.25) is 4.79 Å². The quantitative estimate of drug-likeness (QED) is 0.795. The molecule has 4 rings (SSSR count). The molecule has 1 aromatic carbocycles. The number of carbonyl (C=O) groups excluding carboxylic acids is 1. The van der Waals surface area contributed by atoms with Crippen LogP contribution in [0.1, 0.15) is 74.8 Å². The van der Waals surface area contributed by atoms with Crippen molar-refractivity contribution in [1.29, 1.82) is 0 Å². The van der Waals surface area contributed by atoms with Gasteiger partial charge in [0.05, 0.1) is 7.11 Å². The Hall–Kier alpha value is -1.51. The van der Waals surface area contributed by atoms with Crippen LogP contribution in [0.5, 0.6) is 5.75 Å². The molecule has 0 aromatic heterocycles. The first-order chi connectivity index (χ1) is 12.3. The summed E-state index contributed by atoms with van der Waals surface area (Å²) in [5.41, 5.74) is 2.77. The molecular weight excluding hydrogens is 310 g/mol. The zero-order valence-electron chi connectivity index (χ0n) is 15.5. The van der Waals surface area contributed by atoms with Crippen LogP contribution in [0.3, 0.4) is 0 Å². The molecule has 0 bridgehead atoms. The van der Waals surface area contributed by atoms with Crippen molar-refractivity contribution in [3.63, 3.8) is 0 Å². The first-order valence-electron chi connectivity index (χ1n) is 10.2. The van der Waals surface area contributed by atoms with E-state index in [1.807, 2.05) is 0 Å². The van der Waals surface area contributed by atoms with Crippen LogP contribution >= 0.6 is 0 Å². The number of fused-ring (bicyclic) bond motifs is 1. The lowest BCUT2D eigenvalue weighted by Gasteiger charge is -2.32. The van der Waals surface area contributed by atoms with Gasteiger partial charge >= 0.3 is 0 Å². The molecule has 3 nitrogen and oxygen atoms in total. The van der Waals surface area contributed by atoms with E-state index in [1.54, 1.807) is 7.11 Å². The van der Waals surface area contributed by atoms with Crippen molar-refractivity contribution >= 4 is 5.91 Å². The lowest BCUT2D eigenvalue weighted by atomic mass is 9.80. The Balaban J connectivity index is 1.46. The van der Waals surface area contributed by atoms with Gasteiger partial charge in [0, 0.05) is 19.0 Å². The Morgan fingerprint density at radius 2 is 1.96 bits per heavy atom. The highest BCUT2D eigenvalue weighted by molar-refractivity contribution is 5.78. The van der Waals surface area contributed by atoms with Gasteiger partial charge in [0.25, 0.3) is 0 Å². The van der Waals surface area contributed by atoms with Crippen molar-refractivity contribution < 1.29 is 9.53 Å². The fraction of sp³-hybridized carbons (Fsp3) is 0.682.